The molecule has 0 spiro atoms. The van der Waals surface area contributed by atoms with Crippen LogP contribution < -0.4 is 0 Å². The summed E-state index contributed by atoms with van der Waals surface area (Å²) >= 11 is 1.26. The lowest BCUT2D eigenvalue weighted by Gasteiger charge is -2.00. The average molecular weight is 242 g/mol. The molecule has 0 bridgehead atoms. The van der Waals surface area contributed by atoms with Gasteiger partial charge in [-0.15, -0.1) is 11.8 Å². The van der Waals surface area contributed by atoms with Crippen LogP contribution in [0.4, 0.5) is 0 Å². The third-order valence-electron chi connectivity index (χ3n) is 1.62. The highest BCUT2D eigenvalue weighted by Gasteiger charge is 2.07. The first-order valence-corrected chi connectivity index (χ1v) is 5.37. The molecule has 0 fully saturated rings. The molecule has 16 heavy (non-hydrogen) atoms. The number of thioether (sulfide) groups is 1. The molecule has 1 aromatic heterocycles. The largest absolute Gasteiger partial charge is 0.476 e. The number of hydrogen-bond acceptors (Lipinski definition) is 6. The van der Waals surface area contributed by atoms with E-state index in [-0.39, 0.29) is 18.1 Å². The number of esters is 1. The van der Waals surface area contributed by atoms with Gasteiger partial charge in [0.25, 0.3) is 0 Å². The van der Waals surface area contributed by atoms with Gasteiger partial charge in [0.05, 0.1) is 25.9 Å². The van der Waals surface area contributed by atoms with Gasteiger partial charge >= 0.3 is 11.9 Å². The lowest BCUT2D eigenvalue weighted by Crippen LogP contribution is -2.03. The van der Waals surface area contributed by atoms with Gasteiger partial charge < -0.3 is 9.84 Å². The zero-order chi connectivity index (χ0) is 12.0. The molecule has 0 radical (unpaired) electrons. The van der Waals surface area contributed by atoms with Crippen molar-refractivity contribution in [1.29, 1.82) is 0 Å². The zero-order valence-electron chi connectivity index (χ0n) is 8.54. The molecule has 86 valence electrons. The number of methoxy groups -OCH3 is 1. The van der Waals surface area contributed by atoms with Crippen molar-refractivity contribution in [2.24, 2.45) is 0 Å². The minimum atomic E-state index is -1.12. The SMILES string of the molecule is COC(=O)CCSc1cncc(C(=O)O)n1. The van der Waals surface area contributed by atoms with Crippen LogP contribution in [0.15, 0.2) is 17.4 Å². The number of ether oxygens (including phenoxy) is 1. The van der Waals surface area contributed by atoms with Crippen LogP contribution in [0.3, 0.4) is 0 Å². The molecule has 0 atom stereocenters. The fourth-order valence-electron chi connectivity index (χ4n) is 0.862. The number of carboxylic acid groups (broad SMARTS) is 1. The summed E-state index contributed by atoms with van der Waals surface area (Å²) < 4.78 is 4.47. The number of carboxylic acids is 1. The van der Waals surface area contributed by atoms with Gasteiger partial charge in [-0.1, -0.05) is 0 Å². The van der Waals surface area contributed by atoms with E-state index in [4.69, 9.17) is 5.11 Å². The smallest absolute Gasteiger partial charge is 0.356 e. The topological polar surface area (TPSA) is 89.4 Å². The van der Waals surface area contributed by atoms with Crippen LogP contribution in [-0.2, 0) is 9.53 Å². The highest BCUT2D eigenvalue weighted by atomic mass is 32.2. The van der Waals surface area contributed by atoms with Gasteiger partial charge in [0.15, 0.2) is 5.69 Å². The normalized spacial score (nSPS) is 9.81. The summed E-state index contributed by atoms with van der Waals surface area (Å²) in [6.07, 6.45) is 2.88. The lowest BCUT2D eigenvalue weighted by atomic mass is 10.5. The number of aromatic carboxylic acids is 1. The molecule has 0 amide bonds. The second-order valence-corrected chi connectivity index (χ2v) is 3.84. The quantitative estimate of drug-likeness (QED) is 0.604. The van der Waals surface area contributed by atoms with E-state index < -0.39 is 5.97 Å². The molecule has 1 N–H and O–H groups in total. The van der Waals surface area contributed by atoms with Crippen LogP contribution in [0, 0.1) is 0 Å². The van der Waals surface area contributed by atoms with E-state index in [0.29, 0.717) is 10.8 Å². The Bertz CT molecular complexity index is 397. The van der Waals surface area contributed by atoms with Crippen molar-refractivity contribution >= 4 is 23.7 Å². The van der Waals surface area contributed by atoms with Gasteiger partial charge in [-0.05, 0) is 0 Å². The zero-order valence-corrected chi connectivity index (χ0v) is 9.36. The first kappa shape index (κ1) is 12.4. The van der Waals surface area contributed by atoms with E-state index in [9.17, 15) is 9.59 Å². The lowest BCUT2D eigenvalue weighted by molar-refractivity contribution is -0.140. The van der Waals surface area contributed by atoms with E-state index in [2.05, 4.69) is 14.7 Å². The second-order valence-electron chi connectivity index (χ2n) is 2.72. The van der Waals surface area contributed by atoms with Gasteiger partial charge in [-0.3, -0.25) is 9.78 Å². The number of carbonyl (C=O) groups is 2. The average Bonchev–Trinajstić information content (AvgIpc) is 2.29. The molecule has 0 aromatic carbocycles. The van der Waals surface area contributed by atoms with Crippen LogP contribution in [0.5, 0.6) is 0 Å². The highest BCUT2D eigenvalue weighted by molar-refractivity contribution is 7.99. The molecular weight excluding hydrogens is 232 g/mol. The maximum absolute atomic E-state index is 10.8. The van der Waals surface area contributed by atoms with Gasteiger partial charge in [-0.2, -0.15) is 0 Å². The summed E-state index contributed by atoms with van der Waals surface area (Å²) in [4.78, 5) is 29.0. The highest BCUT2D eigenvalue weighted by Crippen LogP contribution is 2.15. The molecule has 0 unspecified atom stereocenters. The van der Waals surface area contributed by atoms with Crippen molar-refractivity contribution in [3.05, 3.63) is 18.1 Å². The van der Waals surface area contributed by atoms with Crippen molar-refractivity contribution in [3.8, 4) is 0 Å². The molecule has 1 rings (SSSR count). The van der Waals surface area contributed by atoms with Crippen LogP contribution >= 0.6 is 11.8 Å². The Morgan fingerprint density at radius 3 is 2.88 bits per heavy atom. The fraction of sp³-hybridized carbons (Fsp3) is 0.333. The third kappa shape index (κ3) is 3.85. The summed E-state index contributed by atoms with van der Waals surface area (Å²) in [7, 11) is 1.32. The molecule has 0 aliphatic carbocycles. The number of carbonyl (C=O) groups excluding carboxylic acids is 1. The first-order valence-electron chi connectivity index (χ1n) is 4.38. The summed E-state index contributed by atoms with van der Waals surface area (Å²) in [5.74, 6) is -0.956. The Morgan fingerprint density at radius 2 is 2.25 bits per heavy atom. The Hall–Kier alpha value is -1.63. The van der Waals surface area contributed by atoms with Crippen molar-refractivity contribution < 1.29 is 19.4 Å². The number of nitrogens with zero attached hydrogens (tertiary/aromatic N) is 2. The molecule has 7 heteroatoms. The molecule has 6 nitrogen and oxygen atoms in total. The summed E-state index contributed by atoms with van der Waals surface area (Å²) in [6.45, 7) is 0. The van der Waals surface area contributed by atoms with Crippen molar-refractivity contribution in [2.45, 2.75) is 11.4 Å². The molecular formula is C9H10N2O4S. The molecule has 1 aromatic rings. The maximum atomic E-state index is 10.8. The van der Waals surface area contributed by atoms with Crippen molar-refractivity contribution in [1.82, 2.24) is 9.97 Å². The monoisotopic (exact) mass is 242 g/mol. The van der Waals surface area contributed by atoms with Gasteiger partial charge in [0.1, 0.15) is 5.03 Å². The van der Waals surface area contributed by atoms with E-state index >= 15 is 0 Å². The van der Waals surface area contributed by atoms with Crippen LogP contribution in [-0.4, -0.2) is 39.9 Å². The van der Waals surface area contributed by atoms with Gasteiger partial charge in [-0.25, -0.2) is 9.78 Å². The first-order chi connectivity index (χ1) is 7.63. The molecule has 1 heterocycles. The van der Waals surface area contributed by atoms with Crippen LogP contribution in [0.1, 0.15) is 16.9 Å². The minimum Gasteiger partial charge on any atom is -0.476 e. The number of rotatable bonds is 5. The Morgan fingerprint density at radius 1 is 1.50 bits per heavy atom. The van der Waals surface area contributed by atoms with Crippen LogP contribution in [0.25, 0.3) is 0 Å². The number of hydrogen-bond donors (Lipinski definition) is 1. The summed E-state index contributed by atoms with van der Waals surface area (Å²) in [5, 5.41) is 9.15. The van der Waals surface area contributed by atoms with E-state index in [0.717, 1.165) is 0 Å². The molecule has 0 saturated heterocycles. The standard InChI is InChI=1S/C9H10N2O4S/c1-15-8(12)2-3-16-7-5-10-4-6(11-7)9(13)14/h4-5H,2-3H2,1H3,(H,13,14). The minimum absolute atomic E-state index is 0.108. The molecule has 0 aliphatic heterocycles. The predicted octanol–water partition coefficient (Wildman–Crippen LogP) is 0.830. The molecule has 0 aliphatic rings. The summed E-state index contributed by atoms with van der Waals surface area (Å²) in [5.41, 5.74) is -0.108. The maximum Gasteiger partial charge on any atom is 0.356 e. The van der Waals surface area contributed by atoms with E-state index in [1.807, 2.05) is 0 Å². The van der Waals surface area contributed by atoms with Crippen molar-refractivity contribution in [2.75, 3.05) is 12.9 Å². The fourth-order valence-corrected chi connectivity index (χ4v) is 1.64. The molecule has 0 saturated carbocycles. The van der Waals surface area contributed by atoms with E-state index in [1.54, 1.807) is 0 Å². The van der Waals surface area contributed by atoms with Crippen molar-refractivity contribution in [3.63, 3.8) is 0 Å². The number of aromatic nitrogens is 2. The van der Waals surface area contributed by atoms with Crippen LogP contribution in [0.2, 0.25) is 0 Å². The third-order valence-corrected chi connectivity index (χ3v) is 2.52. The summed E-state index contributed by atoms with van der Waals surface area (Å²) in [6, 6.07) is 0. The predicted molar refractivity (Wildman–Crippen MR) is 56.3 cm³/mol. The van der Waals surface area contributed by atoms with E-state index in [1.165, 1.54) is 31.3 Å². The Labute approximate surface area is 96.0 Å². The Kier molecular flexibility index (Phi) is 4.71. The Balaban J connectivity index is 2.51. The van der Waals surface area contributed by atoms with Gasteiger partial charge in [0.2, 0.25) is 0 Å². The second kappa shape index (κ2) is 6.06. The van der Waals surface area contributed by atoms with Gasteiger partial charge in [0, 0.05) is 5.75 Å².